The van der Waals surface area contributed by atoms with Crippen LogP contribution in [-0.4, -0.2) is 46.1 Å². The first kappa shape index (κ1) is 16.2. The van der Waals surface area contributed by atoms with Gasteiger partial charge < -0.3 is 21.3 Å². The van der Waals surface area contributed by atoms with E-state index < -0.39 is 0 Å². The molecule has 1 aliphatic rings. The number of pyridine rings is 2. The molecule has 0 radical (unpaired) electrons. The predicted octanol–water partition coefficient (Wildman–Crippen LogP) is 1.67. The van der Waals surface area contributed by atoms with Gasteiger partial charge in [0.05, 0.1) is 11.9 Å². The van der Waals surface area contributed by atoms with E-state index in [0.717, 1.165) is 43.3 Å². The third kappa shape index (κ3) is 3.70. The van der Waals surface area contributed by atoms with Crippen molar-refractivity contribution in [1.29, 1.82) is 0 Å². The van der Waals surface area contributed by atoms with Crippen molar-refractivity contribution >= 4 is 23.1 Å². The zero-order valence-electron chi connectivity index (χ0n) is 14.3. The molecule has 1 saturated heterocycles. The van der Waals surface area contributed by atoms with Gasteiger partial charge >= 0.3 is 0 Å². The molecule has 3 aromatic heterocycles. The van der Waals surface area contributed by atoms with Crippen molar-refractivity contribution in [2.45, 2.75) is 0 Å². The number of nitrogens with two attached hydrogens (primary N) is 1. The van der Waals surface area contributed by atoms with Gasteiger partial charge in [0.25, 0.3) is 0 Å². The summed E-state index contributed by atoms with van der Waals surface area (Å²) in [5.41, 5.74) is 8.47. The van der Waals surface area contributed by atoms with Gasteiger partial charge in [-0.25, -0.2) is 15.0 Å². The van der Waals surface area contributed by atoms with Crippen LogP contribution in [0, 0.1) is 0 Å². The van der Waals surface area contributed by atoms with Crippen molar-refractivity contribution in [3.05, 3.63) is 49.1 Å². The molecular weight excluding hydrogens is 328 g/mol. The summed E-state index contributed by atoms with van der Waals surface area (Å²) < 4.78 is 0. The third-order valence-corrected chi connectivity index (χ3v) is 4.15. The Morgan fingerprint density at radius 3 is 2.69 bits per heavy atom. The van der Waals surface area contributed by atoms with E-state index in [1.54, 1.807) is 24.7 Å². The summed E-state index contributed by atoms with van der Waals surface area (Å²) in [6.45, 7) is 3.82. The number of nitrogens with zero attached hydrogens (tertiary/aromatic N) is 5. The van der Waals surface area contributed by atoms with Crippen LogP contribution in [0.4, 0.5) is 23.1 Å². The molecule has 4 rings (SSSR count). The Kier molecular flexibility index (Phi) is 4.57. The van der Waals surface area contributed by atoms with E-state index in [4.69, 9.17) is 5.73 Å². The van der Waals surface area contributed by atoms with Gasteiger partial charge in [0.1, 0.15) is 17.5 Å². The zero-order chi connectivity index (χ0) is 17.8. The normalized spacial score (nSPS) is 14.2. The fraction of sp³-hybridized carbons (Fsp3) is 0.222. The van der Waals surface area contributed by atoms with E-state index in [-0.39, 0.29) is 0 Å². The van der Waals surface area contributed by atoms with E-state index in [1.807, 2.05) is 18.3 Å². The van der Waals surface area contributed by atoms with Gasteiger partial charge in [0, 0.05) is 62.1 Å². The Morgan fingerprint density at radius 1 is 1.00 bits per heavy atom. The molecule has 0 amide bonds. The van der Waals surface area contributed by atoms with Gasteiger partial charge in [-0.05, 0) is 18.2 Å². The van der Waals surface area contributed by atoms with Crippen LogP contribution in [0.25, 0.3) is 11.3 Å². The summed E-state index contributed by atoms with van der Waals surface area (Å²) in [6.07, 6.45) is 6.70. The van der Waals surface area contributed by atoms with Crippen LogP contribution in [0.1, 0.15) is 0 Å². The fourth-order valence-electron chi connectivity index (χ4n) is 2.90. The second kappa shape index (κ2) is 7.32. The van der Waals surface area contributed by atoms with Gasteiger partial charge in [0.2, 0.25) is 0 Å². The Labute approximate surface area is 151 Å². The molecule has 4 N–H and O–H groups in total. The van der Waals surface area contributed by atoms with Crippen molar-refractivity contribution in [3.63, 3.8) is 0 Å². The second-order valence-electron chi connectivity index (χ2n) is 6.03. The molecule has 0 bridgehead atoms. The van der Waals surface area contributed by atoms with Gasteiger partial charge in [-0.1, -0.05) is 0 Å². The van der Waals surface area contributed by atoms with Crippen molar-refractivity contribution in [3.8, 4) is 11.3 Å². The first-order chi connectivity index (χ1) is 12.8. The lowest BCUT2D eigenvalue weighted by molar-refractivity contribution is 0.585. The van der Waals surface area contributed by atoms with E-state index in [2.05, 4.69) is 41.5 Å². The molecule has 26 heavy (non-hydrogen) atoms. The maximum Gasteiger partial charge on any atom is 0.150 e. The van der Waals surface area contributed by atoms with Crippen LogP contribution in [0.5, 0.6) is 0 Å². The number of hydrogen-bond acceptors (Lipinski definition) is 8. The van der Waals surface area contributed by atoms with E-state index in [0.29, 0.717) is 17.3 Å². The standard InChI is InChI=1S/C18H20N8/c19-14-10-15(24-16(11-14)25-17-12-21-3-4-22-17)13-1-2-23-18(9-13)26-7-5-20-6-8-26/h1-4,9-12,20H,5-8H2,(H3,19,22,24,25). The second-order valence-corrected chi connectivity index (χ2v) is 6.03. The van der Waals surface area contributed by atoms with E-state index >= 15 is 0 Å². The Hall–Kier alpha value is -3.26. The molecule has 8 nitrogen and oxygen atoms in total. The minimum atomic E-state index is 0.618. The Morgan fingerprint density at radius 2 is 1.88 bits per heavy atom. The lowest BCUT2D eigenvalue weighted by atomic mass is 10.1. The third-order valence-electron chi connectivity index (χ3n) is 4.15. The molecule has 0 saturated carbocycles. The molecule has 8 heteroatoms. The SMILES string of the molecule is Nc1cc(Nc2cnccn2)nc(-c2ccnc(N3CCNCC3)c2)c1. The quantitative estimate of drug-likeness (QED) is 0.654. The molecule has 0 unspecified atom stereocenters. The molecule has 3 aromatic rings. The van der Waals surface area contributed by atoms with Crippen LogP contribution in [0.2, 0.25) is 0 Å². The van der Waals surface area contributed by atoms with Crippen molar-refractivity contribution in [2.75, 3.05) is 42.1 Å². The minimum Gasteiger partial charge on any atom is -0.399 e. The fourth-order valence-corrected chi connectivity index (χ4v) is 2.90. The molecule has 0 aliphatic carbocycles. The number of nitrogen functional groups attached to an aromatic ring is 1. The molecule has 132 valence electrons. The highest BCUT2D eigenvalue weighted by molar-refractivity contribution is 5.70. The summed E-state index contributed by atoms with van der Waals surface area (Å²) in [5.74, 6) is 2.20. The first-order valence-corrected chi connectivity index (χ1v) is 8.51. The summed E-state index contributed by atoms with van der Waals surface area (Å²) >= 11 is 0. The van der Waals surface area contributed by atoms with Gasteiger partial charge in [-0.2, -0.15) is 0 Å². The molecule has 0 spiro atoms. The van der Waals surface area contributed by atoms with Crippen LogP contribution in [0.3, 0.4) is 0 Å². The van der Waals surface area contributed by atoms with Crippen molar-refractivity contribution in [2.24, 2.45) is 0 Å². The lowest BCUT2D eigenvalue weighted by Crippen LogP contribution is -2.43. The molecule has 4 heterocycles. The van der Waals surface area contributed by atoms with Crippen LogP contribution in [-0.2, 0) is 0 Å². The number of aromatic nitrogens is 4. The highest BCUT2D eigenvalue weighted by atomic mass is 15.2. The summed E-state index contributed by atoms with van der Waals surface area (Å²) in [6, 6.07) is 7.63. The van der Waals surface area contributed by atoms with E-state index in [9.17, 15) is 0 Å². The number of hydrogen-bond donors (Lipinski definition) is 3. The van der Waals surface area contributed by atoms with Crippen LogP contribution >= 0.6 is 0 Å². The molecule has 0 atom stereocenters. The highest BCUT2D eigenvalue weighted by Crippen LogP contribution is 2.26. The average Bonchev–Trinajstić information content (AvgIpc) is 2.69. The molecule has 1 fully saturated rings. The summed E-state index contributed by atoms with van der Waals surface area (Å²) in [7, 11) is 0. The van der Waals surface area contributed by atoms with Crippen LogP contribution in [0.15, 0.2) is 49.1 Å². The van der Waals surface area contributed by atoms with Gasteiger partial charge in [-0.15, -0.1) is 0 Å². The van der Waals surface area contributed by atoms with Crippen molar-refractivity contribution < 1.29 is 0 Å². The maximum absolute atomic E-state index is 6.08. The first-order valence-electron chi connectivity index (χ1n) is 8.51. The molecular formula is C18H20N8. The minimum absolute atomic E-state index is 0.618. The van der Waals surface area contributed by atoms with Crippen LogP contribution < -0.4 is 21.3 Å². The predicted molar refractivity (Wildman–Crippen MR) is 102 cm³/mol. The highest BCUT2D eigenvalue weighted by Gasteiger charge is 2.13. The van der Waals surface area contributed by atoms with Crippen molar-refractivity contribution in [1.82, 2.24) is 25.3 Å². The number of piperazine rings is 1. The number of rotatable bonds is 4. The maximum atomic E-state index is 6.08. The summed E-state index contributed by atoms with van der Waals surface area (Å²) in [4.78, 5) is 19.7. The topological polar surface area (TPSA) is 105 Å². The Bertz CT molecular complexity index is 877. The molecule has 0 aromatic carbocycles. The lowest BCUT2D eigenvalue weighted by Gasteiger charge is -2.28. The number of anilines is 4. The average molecular weight is 348 g/mol. The summed E-state index contributed by atoms with van der Waals surface area (Å²) in [5, 5.41) is 6.49. The van der Waals surface area contributed by atoms with E-state index in [1.165, 1.54) is 0 Å². The Balaban J connectivity index is 1.63. The van der Waals surface area contributed by atoms with Gasteiger partial charge in [-0.3, -0.25) is 4.98 Å². The zero-order valence-corrected chi connectivity index (χ0v) is 14.3. The monoisotopic (exact) mass is 348 g/mol. The molecule has 1 aliphatic heterocycles. The smallest absolute Gasteiger partial charge is 0.150 e. The van der Waals surface area contributed by atoms with Gasteiger partial charge in [0.15, 0.2) is 0 Å². The number of nitrogens with one attached hydrogen (secondary N) is 2. The largest absolute Gasteiger partial charge is 0.399 e.